The summed E-state index contributed by atoms with van der Waals surface area (Å²) in [5, 5.41) is 1.06. The molecule has 0 saturated heterocycles. The SMILES string of the molecule is CN(C)c1ncnc2c1c(Br)cn2C. The molecule has 2 aromatic rings. The quantitative estimate of drug-likeness (QED) is 0.779. The fourth-order valence-electron chi connectivity index (χ4n) is 1.48. The van der Waals surface area contributed by atoms with Crippen molar-refractivity contribution in [3.63, 3.8) is 0 Å². The van der Waals surface area contributed by atoms with Gasteiger partial charge in [-0.05, 0) is 15.9 Å². The van der Waals surface area contributed by atoms with Gasteiger partial charge in [0.2, 0.25) is 0 Å². The molecule has 0 amide bonds. The Balaban J connectivity index is 2.85. The van der Waals surface area contributed by atoms with Crippen LogP contribution in [0.5, 0.6) is 0 Å². The lowest BCUT2D eigenvalue weighted by molar-refractivity contribution is 0.939. The number of nitrogens with zero attached hydrogens (tertiary/aromatic N) is 4. The molecule has 0 aromatic carbocycles. The van der Waals surface area contributed by atoms with Crippen LogP contribution in [0.25, 0.3) is 11.0 Å². The summed E-state index contributed by atoms with van der Waals surface area (Å²) in [7, 11) is 5.92. The monoisotopic (exact) mass is 254 g/mol. The van der Waals surface area contributed by atoms with E-state index in [1.165, 1.54) is 0 Å². The van der Waals surface area contributed by atoms with Gasteiger partial charge in [0.1, 0.15) is 17.8 Å². The van der Waals surface area contributed by atoms with E-state index in [1.54, 1.807) is 6.33 Å². The summed E-state index contributed by atoms with van der Waals surface area (Å²) in [6.07, 6.45) is 3.58. The highest BCUT2D eigenvalue weighted by molar-refractivity contribution is 9.10. The lowest BCUT2D eigenvalue weighted by Crippen LogP contribution is -2.11. The van der Waals surface area contributed by atoms with Gasteiger partial charge in [-0.15, -0.1) is 0 Å². The second-order valence-corrected chi connectivity index (χ2v) is 4.23. The molecule has 0 aliphatic rings. The fraction of sp³-hybridized carbons (Fsp3) is 0.333. The topological polar surface area (TPSA) is 34.0 Å². The zero-order valence-corrected chi connectivity index (χ0v) is 9.91. The van der Waals surface area contributed by atoms with Gasteiger partial charge in [0, 0.05) is 31.8 Å². The zero-order chi connectivity index (χ0) is 10.3. The maximum Gasteiger partial charge on any atom is 0.146 e. The number of hydrogen-bond acceptors (Lipinski definition) is 3. The van der Waals surface area contributed by atoms with Crippen molar-refractivity contribution < 1.29 is 0 Å². The minimum absolute atomic E-state index is 0.933. The molecule has 2 heterocycles. The van der Waals surface area contributed by atoms with Gasteiger partial charge in [0.25, 0.3) is 0 Å². The summed E-state index contributed by atoms with van der Waals surface area (Å²) < 4.78 is 3.01. The highest BCUT2D eigenvalue weighted by atomic mass is 79.9. The van der Waals surface area contributed by atoms with E-state index in [4.69, 9.17) is 0 Å². The van der Waals surface area contributed by atoms with Crippen LogP contribution in [0.3, 0.4) is 0 Å². The molecule has 2 aromatic heterocycles. The summed E-state index contributed by atoms with van der Waals surface area (Å²) in [4.78, 5) is 10.5. The average Bonchev–Trinajstić information content (AvgIpc) is 2.43. The second kappa shape index (κ2) is 3.24. The van der Waals surface area contributed by atoms with Crippen molar-refractivity contribution in [3.8, 4) is 0 Å². The van der Waals surface area contributed by atoms with Crippen LogP contribution < -0.4 is 4.90 Å². The van der Waals surface area contributed by atoms with Crippen LogP contribution in [0.2, 0.25) is 0 Å². The Morgan fingerprint density at radius 2 is 2.07 bits per heavy atom. The standard InChI is InChI=1S/C9H11BrN4/c1-13(2)8-7-6(10)4-14(3)9(7)12-5-11-8/h4-5H,1-3H3. The molecule has 0 saturated carbocycles. The molecule has 0 aliphatic heterocycles. The van der Waals surface area contributed by atoms with E-state index < -0.39 is 0 Å². The molecule has 14 heavy (non-hydrogen) atoms. The number of fused-ring (bicyclic) bond motifs is 1. The first kappa shape index (κ1) is 9.45. The van der Waals surface area contributed by atoms with Crippen molar-refractivity contribution in [2.75, 3.05) is 19.0 Å². The first-order valence-corrected chi connectivity index (χ1v) is 5.03. The van der Waals surface area contributed by atoms with Crippen LogP contribution in [0, 0.1) is 0 Å². The van der Waals surface area contributed by atoms with Gasteiger partial charge in [0.15, 0.2) is 0 Å². The molecule has 0 fully saturated rings. The zero-order valence-electron chi connectivity index (χ0n) is 8.32. The minimum Gasteiger partial charge on any atom is -0.362 e. The first-order chi connectivity index (χ1) is 6.61. The summed E-state index contributed by atoms with van der Waals surface area (Å²) in [6, 6.07) is 0. The van der Waals surface area contributed by atoms with Gasteiger partial charge >= 0.3 is 0 Å². The van der Waals surface area contributed by atoms with Gasteiger partial charge in [-0.2, -0.15) is 0 Å². The Morgan fingerprint density at radius 1 is 1.36 bits per heavy atom. The average molecular weight is 255 g/mol. The van der Waals surface area contributed by atoms with E-state index in [1.807, 2.05) is 36.8 Å². The fourth-order valence-corrected chi connectivity index (χ4v) is 2.14. The Bertz CT molecular complexity index is 475. The van der Waals surface area contributed by atoms with Crippen molar-refractivity contribution in [1.29, 1.82) is 0 Å². The summed E-state index contributed by atoms with van der Waals surface area (Å²) >= 11 is 3.51. The van der Waals surface area contributed by atoms with Crippen molar-refractivity contribution in [2.45, 2.75) is 0 Å². The molecular formula is C9H11BrN4. The van der Waals surface area contributed by atoms with E-state index in [2.05, 4.69) is 25.9 Å². The Kier molecular flexibility index (Phi) is 2.19. The molecule has 4 nitrogen and oxygen atoms in total. The smallest absolute Gasteiger partial charge is 0.146 e. The Labute approximate surface area is 90.7 Å². The van der Waals surface area contributed by atoms with Crippen molar-refractivity contribution in [2.24, 2.45) is 7.05 Å². The van der Waals surface area contributed by atoms with Gasteiger partial charge in [0.05, 0.1) is 5.39 Å². The van der Waals surface area contributed by atoms with Crippen LogP contribution in [-0.2, 0) is 7.05 Å². The summed E-state index contributed by atoms with van der Waals surface area (Å²) in [5.74, 6) is 0.933. The highest BCUT2D eigenvalue weighted by Gasteiger charge is 2.12. The Morgan fingerprint density at radius 3 is 2.71 bits per heavy atom. The van der Waals surface area contributed by atoms with Gasteiger partial charge in [-0.3, -0.25) is 0 Å². The minimum atomic E-state index is 0.933. The molecule has 0 atom stereocenters. The molecule has 0 spiro atoms. The van der Waals surface area contributed by atoms with E-state index in [0.29, 0.717) is 0 Å². The van der Waals surface area contributed by atoms with Crippen LogP contribution in [0.1, 0.15) is 0 Å². The third-order valence-corrected chi connectivity index (χ3v) is 2.71. The summed E-state index contributed by atoms with van der Waals surface area (Å²) in [5.41, 5.74) is 0.940. The highest BCUT2D eigenvalue weighted by Crippen LogP contribution is 2.30. The lowest BCUT2D eigenvalue weighted by Gasteiger charge is -2.11. The van der Waals surface area contributed by atoms with Crippen molar-refractivity contribution >= 4 is 32.8 Å². The molecular weight excluding hydrogens is 244 g/mol. The summed E-state index contributed by atoms with van der Waals surface area (Å²) in [6.45, 7) is 0. The molecule has 0 aliphatic carbocycles. The number of hydrogen-bond donors (Lipinski definition) is 0. The van der Waals surface area contributed by atoms with Crippen LogP contribution in [0.4, 0.5) is 5.82 Å². The van der Waals surface area contributed by atoms with E-state index in [0.717, 1.165) is 21.3 Å². The van der Waals surface area contributed by atoms with E-state index in [9.17, 15) is 0 Å². The van der Waals surface area contributed by atoms with Gasteiger partial charge in [-0.1, -0.05) is 0 Å². The number of aryl methyl sites for hydroxylation is 1. The predicted octanol–water partition coefficient (Wildman–Crippen LogP) is 1.80. The molecule has 0 N–H and O–H groups in total. The second-order valence-electron chi connectivity index (χ2n) is 3.38. The largest absolute Gasteiger partial charge is 0.362 e. The third kappa shape index (κ3) is 1.28. The van der Waals surface area contributed by atoms with Crippen LogP contribution >= 0.6 is 15.9 Å². The molecule has 0 radical (unpaired) electrons. The molecule has 74 valence electrons. The van der Waals surface area contributed by atoms with Crippen molar-refractivity contribution in [1.82, 2.24) is 14.5 Å². The predicted molar refractivity (Wildman–Crippen MR) is 60.5 cm³/mol. The van der Waals surface area contributed by atoms with Crippen LogP contribution in [0.15, 0.2) is 17.0 Å². The molecule has 0 unspecified atom stereocenters. The van der Waals surface area contributed by atoms with Crippen molar-refractivity contribution in [3.05, 3.63) is 17.0 Å². The molecule has 5 heteroatoms. The lowest BCUT2D eigenvalue weighted by atomic mass is 10.3. The number of rotatable bonds is 1. The third-order valence-electron chi connectivity index (χ3n) is 2.11. The van der Waals surface area contributed by atoms with E-state index in [-0.39, 0.29) is 0 Å². The molecule has 2 rings (SSSR count). The normalized spacial score (nSPS) is 10.9. The first-order valence-electron chi connectivity index (χ1n) is 4.24. The number of anilines is 1. The van der Waals surface area contributed by atoms with Gasteiger partial charge in [-0.25, -0.2) is 9.97 Å². The Hall–Kier alpha value is -1.10. The van der Waals surface area contributed by atoms with E-state index >= 15 is 0 Å². The maximum absolute atomic E-state index is 4.25. The number of halogens is 1. The number of aromatic nitrogens is 3. The maximum atomic E-state index is 4.25. The van der Waals surface area contributed by atoms with Crippen LogP contribution in [-0.4, -0.2) is 28.6 Å². The molecule has 0 bridgehead atoms. The van der Waals surface area contributed by atoms with Gasteiger partial charge < -0.3 is 9.47 Å².